The lowest BCUT2D eigenvalue weighted by Crippen LogP contribution is -2.58. The minimum atomic E-state index is -4.20. The lowest BCUT2D eigenvalue weighted by Gasteiger charge is -2.31. The van der Waals surface area contributed by atoms with Crippen LogP contribution in [0.25, 0.3) is 0 Å². The number of halogens is 3. The maximum atomic E-state index is 12.1. The van der Waals surface area contributed by atoms with Crippen LogP contribution in [0.1, 0.15) is 26.2 Å². The molecule has 0 amide bonds. The lowest BCUT2D eigenvalue weighted by molar-refractivity contribution is -0.152. The van der Waals surface area contributed by atoms with Crippen LogP contribution in [0.5, 0.6) is 0 Å². The average Bonchev–Trinajstić information content (AvgIpc) is 3.09. The van der Waals surface area contributed by atoms with E-state index >= 15 is 0 Å². The molecular weight excluding hydrogens is 261 g/mol. The SMILES string of the molecule is CCOC(=O)C(N)(CN(C)CCC(F)(F)F)C1CC1. The van der Waals surface area contributed by atoms with Gasteiger partial charge in [0, 0.05) is 13.1 Å². The van der Waals surface area contributed by atoms with Gasteiger partial charge in [-0.1, -0.05) is 0 Å². The molecule has 0 aliphatic heterocycles. The van der Waals surface area contributed by atoms with Crippen molar-refractivity contribution in [2.75, 3.05) is 26.7 Å². The standard InChI is InChI=1S/C12H21F3N2O2/c1-3-19-10(18)11(16,9-4-5-9)8-17(2)7-6-12(13,14)15/h9H,3-8,16H2,1-2H3. The normalized spacial score (nSPS) is 19.3. The Morgan fingerprint density at radius 3 is 2.42 bits per heavy atom. The summed E-state index contributed by atoms with van der Waals surface area (Å²) in [6.45, 7) is 1.82. The number of esters is 1. The molecule has 7 heteroatoms. The zero-order chi connectivity index (χ0) is 14.7. The number of carbonyl (C=O) groups excluding carboxylic acids is 1. The second-order valence-corrected chi connectivity index (χ2v) is 5.14. The van der Waals surface area contributed by atoms with Crippen molar-refractivity contribution in [1.82, 2.24) is 4.90 Å². The summed E-state index contributed by atoms with van der Waals surface area (Å²) in [6.07, 6.45) is -3.47. The van der Waals surface area contributed by atoms with Gasteiger partial charge in [0.25, 0.3) is 0 Å². The van der Waals surface area contributed by atoms with Crippen molar-refractivity contribution in [2.24, 2.45) is 11.7 Å². The van der Waals surface area contributed by atoms with Crippen LogP contribution in [0.15, 0.2) is 0 Å². The van der Waals surface area contributed by atoms with Gasteiger partial charge in [-0.15, -0.1) is 0 Å². The number of nitrogens with two attached hydrogens (primary N) is 1. The van der Waals surface area contributed by atoms with E-state index in [0.29, 0.717) is 0 Å². The molecule has 0 radical (unpaired) electrons. The average molecular weight is 282 g/mol. The van der Waals surface area contributed by atoms with E-state index in [4.69, 9.17) is 10.5 Å². The van der Waals surface area contributed by atoms with Gasteiger partial charge in [0.1, 0.15) is 5.54 Å². The zero-order valence-electron chi connectivity index (χ0n) is 11.3. The summed E-state index contributed by atoms with van der Waals surface area (Å²) in [4.78, 5) is 13.3. The van der Waals surface area contributed by atoms with Crippen molar-refractivity contribution in [2.45, 2.75) is 37.9 Å². The summed E-state index contributed by atoms with van der Waals surface area (Å²) in [7, 11) is 1.54. The Labute approximate surface area is 111 Å². The highest BCUT2D eigenvalue weighted by atomic mass is 19.4. The largest absolute Gasteiger partial charge is 0.465 e. The minimum absolute atomic E-state index is 0.0138. The summed E-state index contributed by atoms with van der Waals surface area (Å²) in [5.74, 6) is -0.503. The first-order valence-electron chi connectivity index (χ1n) is 6.40. The highest BCUT2D eigenvalue weighted by molar-refractivity contribution is 5.82. The minimum Gasteiger partial charge on any atom is -0.465 e. The van der Waals surface area contributed by atoms with Gasteiger partial charge in [-0.2, -0.15) is 13.2 Å². The maximum Gasteiger partial charge on any atom is 0.390 e. The Balaban J connectivity index is 2.56. The topological polar surface area (TPSA) is 55.6 Å². The fourth-order valence-electron chi connectivity index (χ4n) is 2.07. The predicted octanol–water partition coefficient (Wildman–Crippen LogP) is 1.54. The molecule has 1 aliphatic rings. The van der Waals surface area contributed by atoms with Crippen molar-refractivity contribution in [3.8, 4) is 0 Å². The van der Waals surface area contributed by atoms with Gasteiger partial charge in [0.05, 0.1) is 13.0 Å². The number of hydrogen-bond acceptors (Lipinski definition) is 4. The van der Waals surface area contributed by atoms with E-state index in [1.54, 1.807) is 6.92 Å². The van der Waals surface area contributed by atoms with E-state index in [9.17, 15) is 18.0 Å². The van der Waals surface area contributed by atoms with Crippen LogP contribution in [0, 0.1) is 5.92 Å². The molecule has 1 fully saturated rings. The molecule has 1 atom stereocenters. The van der Waals surface area contributed by atoms with Crippen LogP contribution in [-0.2, 0) is 9.53 Å². The summed E-state index contributed by atoms with van der Waals surface area (Å²) in [6, 6.07) is 0. The molecule has 0 spiro atoms. The van der Waals surface area contributed by atoms with Crippen LogP contribution in [0.2, 0.25) is 0 Å². The van der Waals surface area contributed by atoms with E-state index < -0.39 is 24.1 Å². The van der Waals surface area contributed by atoms with Crippen LogP contribution < -0.4 is 5.73 Å². The molecule has 0 saturated heterocycles. The van der Waals surface area contributed by atoms with Crippen LogP contribution in [0.4, 0.5) is 13.2 Å². The van der Waals surface area contributed by atoms with E-state index in [1.165, 1.54) is 11.9 Å². The Bertz CT molecular complexity index is 319. The van der Waals surface area contributed by atoms with Crippen LogP contribution in [-0.4, -0.2) is 49.3 Å². The quantitative estimate of drug-likeness (QED) is 0.720. The Hall–Kier alpha value is -0.820. The number of carbonyl (C=O) groups is 1. The predicted molar refractivity (Wildman–Crippen MR) is 64.4 cm³/mol. The Morgan fingerprint density at radius 1 is 1.42 bits per heavy atom. The molecule has 0 heterocycles. The van der Waals surface area contributed by atoms with E-state index in [-0.39, 0.29) is 25.6 Å². The van der Waals surface area contributed by atoms with E-state index in [2.05, 4.69) is 0 Å². The van der Waals surface area contributed by atoms with Gasteiger partial charge in [-0.3, -0.25) is 0 Å². The summed E-state index contributed by atoms with van der Waals surface area (Å²) >= 11 is 0. The monoisotopic (exact) mass is 282 g/mol. The molecular formula is C12H21F3N2O2. The summed E-state index contributed by atoms with van der Waals surface area (Å²) in [5.41, 5.74) is 4.89. The van der Waals surface area contributed by atoms with Gasteiger partial charge in [0.15, 0.2) is 0 Å². The molecule has 1 rings (SSSR count). The summed E-state index contributed by atoms with van der Waals surface area (Å²) < 4.78 is 41.4. The van der Waals surface area contributed by atoms with Crippen LogP contribution in [0.3, 0.4) is 0 Å². The molecule has 1 saturated carbocycles. The second-order valence-electron chi connectivity index (χ2n) is 5.14. The zero-order valence-corrected chi connectivity index (χ0v) is 11.3. The third-order valence-corrected chi connectivity index (χ3v) is 3.27. The third kappa shape index (κ3) is 4.99. The number of hydrogen-bond donors (Lipinski definition) is 1. The van der Waals surface area contributed by atoms with Crippen molar-refractivity contribution in [3.05, 3.63) is 0 Å². The number of likely N-dealkylation sites (N-methyl/N-ethyl adjacent to an activating group) is 1. The fourth-order valence-corrected chi connectivity index (χ4v) is 2.07. The number of ether oxygens (including phenoxy) is 1. The summed E-state index contributed by atoms with van der Waals surface area (Å²) in [5, 5.41) is 0. The van der Waals surface area contributed by atoms with E-state index in [0.717, 1.165) is 12.8 Å². The lowest BCUT2D eigenvalue weighted by atomic mass is 9.94. The molecule has 2 N–H and O–H groups in total. The molecule has 0 aromatic heterocycles. The first-order valence-corrected chi connectivity index (χ1v) is 6.40. The molecule has 112 valence electrons. The number of alkyl halides is 3. The first-order chi connectivity index (χ1) is 8.69. The molecule has 0 aromatic carbocycles. The molecule has 1 unspecified atom stereocenters. The second kappa shape index (κ2) is 6.09. The van der Waals surface area contributed by atoms with Crippen molar-refractivity contribution in [1.29, 1.82) is 0 Å². The molecule has 0 bridgehead atoms. The van der Waals surface area contributed by atoms with E-state index in [1.807, 2.05) is 0 Å². The van der Waals surface area contributed by atoms with Gasteiger partial charge in [-0.05, 0) is 32.7 Å². The number of rotatable bonds is 7. The van der Waals surface area contributed by atoms with Gasteiger partial charge in [-0.25, -0.2) is 4.79 Å². The number of nitrogens with zero attached hydrogens (tertiary/aromatic N) is 1. The maximum absolute atomic E-state index is 12.1. The molecule has 4 nitrogen and oxygen atoms in total. The van der Waals surface area contributed by atoms with Gasteiger partial charge >= 0.3 is 12.1 Å². The van der Waals surface area contributed by atoms with Crippen LogP contribution >= 0.6 is 0 Å². The Kier molecular flexibility index (Phi) is 5.20. The van der Waals surface area contributed by atoms with Crippen molar-refractivity contribution < 1.29 is 22.7 Å². The molecule has 0 aromatic rings. The fraction of sp³-hybridized carbons (Fsp3) is 0.917. The molecule has 1 aliphatic carbocycles. The highest BCUT2D eigenvalue weighted by Crippen LogP contribution is 2.39. The molecule has 19 heavy (non-hydrogen) atoms. The highest BCUT2D eigenvalue weighted by Gasteiger charge is 2.49. The first kappa shape index (κ1) is 16.2. The third-order valence-electron chi connectivity index (χ3n) is 3.27. The smallest absolute Gasteiger partial charge is 0.390 e. The van der Waals surface area contributed by atoms with Gasteiger partial charge < -0.3 is 15.4 Å². The Morgan fingerprint density at radius 2 is 2.00 bits per heavy atom. The van der Waals surface area contributed by atoms with Gasteiger partial charge in [0.2, 0.25) is 0 Å². The van der Waals surface area contributed by atoms with Crippen molar-refractivity contribution >= 4 is 5.97 Å². The van der Waals surface area contributed by atoms with Crippen molar-refractivity contribution in [3.63, 3.8) is 0 Å².